The summed E-state index contributed by atoms with van der Waals surface area (Å²) in [5.74, 6) is -3.61. The van der Waals surface area contributed by atoms with Crippen LogP contribution in [0.3, 0.4) is 0 Å². The monoisotopic (exact) mass is 593 g/mol. The molecule has 4 rings (SSSR count). The fraction of sp³-hybridized carbons (Fsp3) is 0.462. The van der Waals surface area contributed by atoms with Crippen LogP contribution in [-0.2, 0) is 48.3 Å². The molecule has 2 amide bonds. The van der Waals surface area contributed by atoms with E-state index >= 15 is 0 Å². The van der Waals surface area contributed by atoms with Crippen LogP contribution in [0, 0.1) is 5.92 Å². The zero-order chi connectivity index (χ0) is 28.2. The van der Waals surface area contributed by atoms with Crippen molar-refractivity contribution in [1.29, 1.82) is 0 Å². The Bertz CT molecular complexity index is 1570. The lowest BCUT2D eigenvalue weighted by Crippen LogP contribution is -2.28. The van der Waals surface area contributed by atoms with Gasteiger partial charge in [-0.25, -0.2) is 13.2 Å². The summed E-state index contributed by atoms with van der Waals surface area (Å²) in [6.07, 6.45) is 2.38. The summed E-state index contributed by atoms with van der Waals surface area (Å²) < 4.78 is 38.6. The summed E-state index contributed by atoms with van der Waals surface area (Å²) in [5, 5.41) is 2.88. The van der Waals surface area contributed by atoms with Crippen LogP contribution in [0.15, 0.2) is 29.3 Å². The minimum atomic E-state index is -4.13. The number of hydrogen-bond donors (Lipinski definition) is 1. The first-order valence-electron chi connectivity index (χ1n) is 12.6. The van der Waals surface area contributed by atoms with Gasteiger partial charge in [0.05, 0.1) is 29.0 Å². The molecule has 10 nitrogen and oxygen atoms in total. The predicted molar refractivity (Wildman–Crippen MR) is 151 cm³/mol. The number of nitrogens with one attached hydrogen (secondary N) is 1. The van der Waals surface area contributed by atoms with Gasteiger partial charge in [0, 0.05) is 18.5 Å². The standard InChI is InChI=1S/C26H31N3O7S3/c1-4-36-25(32)23-17-10-9-16(2)13-20(17)37-24(23)27-21(30)14-39(33,34)15-22(31)28-26-29(11-12-35-3)18-7-5-6-8-19(18)38-26/h5-8,16H,4,9-15H2,1-3H3,(H,27,30). The highest BCUT2D eigenvalue weighted by atomic mass is 32.2. The highest BCUT2D eigenvalue weighted by Crippen LogP contribution is 2.40. The Labute approximate surface area is 234 Å². The van der Waals surface area contributed by atoms with Crippen LogP contribution < -0.4 is 10.1 Å². The molecule has 1 aliphatic carbocycles. The summed E-state index contributed by atoms with van der Waals surface area (Å²) in [6.45, 7) is 4.83. The van der Waals surface area contributed by atoms with Crippen molar-refractivity contribution in [3.05, 3.63) is 45.1 Å². The molecule has 1 aromatic carbocycles. The number of nitrogens with zero attached hydrogens (tertiary/aromatic N) is 2. The van der Waals surface area contributed by atoms with Gasteiger partial charge in [0.25, 0.3) is 5.91 Å². The first kappa shape index (κ1) is 29.1. The summed E-state index contributed by atoms with van der Waals surface area (Å²) in [5.41, 5.74) is 2.01. The van der Waals surface area contributed by atoms with Crippen molar-refractivity contribution in [2.45, 2.75) is 39.7 Å². The van der Waals surface area contributed by atoms with Crippen molar-refractivity contribution in [3.8, 4) is 0 Å². The smallest absolute Gasteiger partial charge is 0.341 e. The number of esters is 1. The van der Waals surface area contributed by atoms with Crippen LogP contribution in [0.1, 0.15) is 41.1 Å². The second-order valence-corrected chi connectivity index (χ2v) is 13.5. The normalized spacial score (nSPS) is 15.8. The van der Waals surface area contributed by atoms with E-state index in [0.717, 1.165) is 33.5 Å². The van der Waals surface area contributed by atoms with E-state index in [9.17, 15) is 22.8 Å². The Kier molecular flexibility index (Phi) is 9.36. The highest BCUT2D eigenvalue weighted by Gasteiger charge is 2.30. The van der Waals surface area contributed by atoms with E-state index in [1.165, 1.54) is 22.7 Å². The third kappa shape index (κ3) is 7.02. The maximum absolute atomic E-state index is 12.8. The number of thiazole rings is 1. The second kappa shape index (κ2) is 12.5. The van der Waals surface area contributed by atoms with Crippen LogP contribution in [0.4, 0.5) is 5.00 Å². The summed E-state index contributed by atoms with van der Waals surface area (Å²) >= 11 is 2.54. The average molecular weight is 594 g/mol. The molecule has 0 spiro atoms. The largest absolute Gasteiger partial charge is 0.462 e. The van der Waals surface area contributed by atoms with Gasteiger partial charge in [-0.05, 0) is 49.8 Å². The fourth-order valence-corrected chi connectivity index (χ4v) is 8.01. The molecule has 0 saturated carbocycles. The van der Waals surface area contributed by atoms with Crippen molar-refractivity contribution in [2.75, 3.05) is 37.1 Å². The molecule has 13 heteroatoms. The topological polar surface area (TPSA) is 133 Å². The number of sulfone groups is 1. The van der Waals surface area contributed by atoms with Crippen LogP contribution in [-0.4, -0.2) is 62.6 Å². The molecule has 210 valence electrons. The number of ether oxygens (including phenoxy) is 2. The molecule has 2 aromatic heterocycles. The number of amides is 2. The molecule has 0 aliphatic heterocycles. The van der Waals surface area contributed by atoms with E-state index in [1.54, 1.807) is 18.6 Å². The number of rotatable bonds is 10. The molecular formula is C26H31N3O7S3. The Hall–Kier alpha value is -2.87. The van der Waals surface area contributed by atoms with Gasteiger partial charge in [-0.1, -0.05) is 30.4 Å². The number of carbonyl (C=O) groups is 3. The Balaban J connectivity index is 1.50. The van der Waals surface area contributed by atoms with E-state index in [0.29, 0.717) is 35.9 Å². The maximum atomic E-state index is 12.8. The summed E-state index contributed by atoms with van der Waals surface area (Å²) in [7, 11) is -2.56. The molecule has 0 bridgehead atoms. The Morgan fingerprint density at radius 3 is 2.69 bits per heavy atom. The molecule has 0 radical (unpaired) electrons. The van der Waals surface area contributed by atoms with Crippen molar-refractivity contribution in [3.63, 3.8) is 0 Å². The molecule has 1 aliphatic rings. The summed E-state index contributed by atoms with van der Waals surface area (Å²) in [6, 6.07) is 7.51. The number of hydrogen-bond acceptors (Lipinski definition) is 9. The van der Waals surface area contributed by atoms with Gasteiger partial charge in [0.1, 0.15) is 16.5 Å². The lowest BCUT2D eigenvalue weighted by Gasteiger charge is -2.18. The number of methoxy groups -OCH3 is 1. The number of benzene rings is 1. The first-order chi connectivity index (χ1) is 18.6. The first-order valence-corrected chi connectivity index (χ1v) is 16.0. The van der Waals surface area contributed by atoms with Crippen LogP contribution >= 0.6 is 22.7 Å². The fourth-order valence-electron chi connectivity index (χ4n) is 4.50. The Morgan fingerprint density at radius 1 is 1.18 bits per heavy atom. The van der Waals surface area contributed by atoms with Gasteiger partial charge in [0.2, 0.25) is 5.91 Å². The highest BCUT2D eigenvalue weighted by molar-refractivity contribution is 7.92. The van der Waals surface area contributed by atoms with Gasteiger partial charge in [-0.2, -0.15) is 4.99 Å². The van der Waals surface area contributed by atoms with E-state index < -0.39 is 39.1 Å². The quantitative estimate of drug-likeness (QED) is 0.357. The van der Waals surface area contributed by atoms with Crippen molar-refractivity contribution < 1.29 is 32.3 Å². The lowest BCUT2D eigenvalue weighted by molar-refractivity contribution is -0.115. The molecule has 0 saturated heterocycles. The minimum Gasteiger partial charge on any atom is -0.462 e. The van der Waals surface area contributed by atoms with E-state index in [2.05, 4.69) is 17.2 Å². The number of carbonyl (C=O) groups excluding carboxylic acids is 3. The minimum absolute atomic E-state index is 0.179. The zero-order valence-corrected chi connectivity index (χ0v) is 24.5. The molecule has 3 aromatic rings. The number of thiophene rings is 1. The van der Waals surface area contributed by atoms with Crippen molar-refractivity contribution >= 4 is 65.5 Å². The third-order valence-electron chi connectivity index (χ3n) is 6.27. The number of aromatic nitrogens is 1. The Morgan fingerprint density at radius 2 is 1.95 bits per heavy atom. The number of fused-ring (bicyclic) bond motifs is 2. The molecule has 2 heterocycles. The van der Waals surface area contributed by atoms with Crippen LogP contribution in [0.2, 0.25) is 0 Å². The van der Waals surface area contributed by atoms with E-state index in [1.807, 2.05) is 24.3 Å². The maximum Gasteiger partial charge on any atom is 0.341 e. The van der Waals surface area contributed by atoms with Crippen molar-refractivity contribution in [2.24, 2.45) is 10.9 Å². The number of para-hydroxylation sites is 1. The van der Waals surface area contributed by atoms with Gasteiger partial charge >= 0.3 is 5.97 Å². The predicted octanol–water partition coefficient (Wildman–Crippen LogP) is 3.19. The molecule has 39 heavy (non-hydrogen) atoms. The van der Waals surface area contributed by atoms with Crippen LogP contribution in [0.25, 0.3) is 10.2 Å². The second-order valence-electron chi connectivity index (χ2n) is 9.36. The number of anilines is 1. The molecular weight excluding hydrogens is 563 g/mol. The average Bonchev–Trinajstić information content (AvgIpc) is 3.38. The molecule has 1 N–H and O–H groups in total. The van der Waals surface area contributed by atoms with E-state index in [4.69, 9.17) is 9.47 Å². The van der Waals surface area contributed by atoms with Gasteiger partial charge in [-0.3, -0.25) is 9.59 Å². The van der Waals surface area contributed by atoms with Gasteiger partial charge < -0.3 is 19.4 Å². The lowest BCUT2D eigenvalue weighted by atomic mass is 9.88. The van der Waals surface area contributed by atoms with Gasteiger partial charge in [0.15, 0.2) is 14.6 Å². The van der Waals surface area contributed by atoms with Crippen LogP contribution in [0.5, 0.6) is 0 Å². The SMILES string of the molecule is CCOC(=O)c1c(NC(=O)CS(=O)(=O)CC(=O)N=c2sc3ccccc3n2CCOC)sc2c1CCC(C)C2. The van der Waals surface area contributed by atoms with Gasteiger partial charge in [-0.15, -0.1) is 11.3 Å². The summed E-state index contributed by atoms with van der Waals surface area (Å²) in [4.78, 5) is 43.5. The van der Waals surface area contributed by atoms with E-state index in [-0.39, 0.29) is 11.6 Å². The third-order valence-corrected chi connectivity index (χ3v) is 9.88. The molecule has 0 fully saturated rings. The van der Waals surface area contributed by atoms with Crippen molar-refractivity contribution in [1.82, 2.24) is 4.57 Å². The zero-order valence-electron chi connectivity index (χ0n) is 22.0. The molecule has 1 unspecified atom stereocenters. The molecule has 1 atom stereocenters.